The lowest BCUT2D eigenvalue weighted by Gasteiger charge is -2.31. The molecule has 0 N–H and O–H groups in total. The molecule has 94 valence electrons. The Bertz CT molecular complexity index is 558. The molecule has 0 fully saturated rings. The Morgan fingerprint density at radius 1 is 1.33 bits per heavy atom. The minimum absolute atomic E-state index is 0.745. The third kappa shape index (κ3) is 2.40. The highest BCUT2D eigenvalue weighted by molar-refractivity contribution is 9.10. The summed E-state index contributed by atoms with van der Waals surface area (Å²) in [4.78, 5) is 2.18. The van der Waals surface area contributed by atoms with Crippen LogP contribution in [0.3, 0.4) is 0 Å². The van der Waals surface area contributed by atoms with E-state index in [0.717, 1.165) is 33.0 Å². The Kier molecular flexibility index (Phi) is 3.98. The lowest BCUT2D eigenvalue weighted by atomic mass is 10.0. The lowest BCUT2D eigenvalue weighted by Crippen LogP contribution is -2.23. The van der Waals surface area contributed by atoms with Crippen LogP contribution >= 0.6 is 27.5 Å². The maximum atomic E-state index is 6.32. The third-order valence-corrected chi connectivity index (χ3v) is 3.89. The maximum Gasteiger partial charge on any atom is 0.0510 e. The summed E-state index contributed by atoms with van der Waals surface area (Å²) in [5.41, 5.74) is 4.36. The minimum atomic E-state index is 0.745. The number of hydrogen-bond donors (Lipinski definition) is 0. The lowest BCUT2D eigenvalue weighted by molar-refractivity contribution is 0.522. The van der Waals surface area contributed by atoms with Crippen molar-refractivity contribution in [2.75, 3.05) is 6.54 Å². The summed E-state index contributed by atoms with van der Waals surface area (Å²) >= 11 is 9.75. The first-order valence-corrected chi connectivity index (χ1v) is 7.02. The average Bonchev–Trinajstić information content (AvgIpc) is 2.33. The normalized spacial score (nSPS) is 15.6. The van der Waals surface area contributed by atoms with Gasteiger partial charge in [0.05, 0.1) is 5.02 Å². The molecule has 0 bridgehead atoms. The average molecular weight is 325 g/mol. The van der Waals surface area contributed by atoms with E-state index in [1.807, 2.05) is 18.2 Å². The van der Waals surface area contributed by atoms with Gasteiger partial charge in [0.1, 0.15) is 0 Å². The zero-order valence-corrected chi connectivity index (χ0v) is 12.8. The van der Waals surface area contributed by atoms with Gasteiger partial charge in [-0.3, -0.25) is 0 Å². The highest BCUT2D eigenvalue weighted by atomic mass is 79.9. The molecule has 0 saturated heterocycles. The van der Waals surface area contributed by atoms with Crippen LogP contribution < -0.4 is 0 Å². The molecule has 0 spiro atoms. The predicted octanol–water partition coefficient (Wildman–Crippen LogP) is 5.24. The van der Waals surface area contributed by atoms with Gasteiger partial charge in [-0.1, -0.05) is 46.3 Å². The molecular formula is C15H15BrClN. The first-order valence-electron chi connectivity index (χ1n) is 5.85. The van der Waals surface area contributed by atoms with Crippen LogP contribution in [-0.4, -0.2) is 11.4 Å². The molecule has 0 radical (unpaired) electrons. The van der Waals surface area contributed by atoms with Gasteiger partial charge < -0.3 is 4.90 Å². The van der Waals surface area contributed by atoms with E-state index in [-0.39, 0.29) is 0 Å². The fourth-order valence-corrected chi connectivity index (χ4v) is 2.81. The van der Waals surface area contributed by atoms with Gasteiger partial charge in [-0.2, -0.15) is 0 Å². The van der Waals surface area contributed by atoms with Crippen LogP contribution in [0.1, 0.15) is 19.4 Å². The van der Waals surface area contributed by atoms with E-state index >= 15 is 0 Å². The molecule has 0 amide bonds. The van der Waals surface area contributed by atoms with E-state index in [0.29, 0.717) is 0 Å². The molecule has 0 unspecified atom stereocenters. The number of hydrogen-bond acceptors (Lipinski definition) is 1. The van der Waals surface area contributed by atoms with Crippen molar-refractivity contribution in [1.29, 1.82) is 0 Å². The topological polar surface area (TPSA) is 3.24 Å². The van der Waals surface area contributed by atoms with Crippen LogP contribution in [0, 0.1) is 0 Å². The van der Waals surface area contributed by atoms with E-state index in [2.05, 4.69) is 53.4 Å². The van der Waals surface area contributed by atoms with E-state index < -0.39 is 0 Å². The van der Waals surface area contributed by atoms with E-state index in [1.165, 1.54) is 5.57 Å². The molecule has 0 saturated carbocycles. The molecule has 0 atom stereocenters. The van der Waals surface area contributed by atoms with E-state index in [4.69, 9.17) is 11.6 Å². The molecule has 3 heteroatoms. The predicted molar refractivity (Wildman–Crippen MR) is 82.4 cm³/mol. The molecule has 18 heavy (non-hydrogen) atoms. The SMILES string of the molecule is C=C1C(C)=CC=C(c2ccc(Br)cc2Cl)N1CC. The fourth-order valence-electron chi connectivity index (χ4n) is 2.04. The Morgan fingerprint density at radius 3 is 2.67 bits per heavy atom. The van der Waals surface area contributed by atoms with Crippen molar-refractivity contribution in [3.05, 3.63) is 63.3 Å². The van der Waals surface area contributed by atoms with Crippen LogP contribution in [0.2, 0.25) is 5.02 Å². The molecule has 1 nitrogen and oxygen atoms in total. The number of likely N-dealkylation sites (N-methyl/N-ethyl adjacent to an activating group) is 1. The fraction of sp³-hybridized carbons (Fsp3) is 0.200. The van der Waals surface area contributed by atoms with Crippen molar-refractivity contribution < 1.29 is 0 Å². The van der Waals surface area contributed by atoms with Gasteiger partial charge in [-0.25, -0.2) is 0 Å². The van der Waals surface area contributed by atoms with E-state index in [9.17, 15) is 0 Å². The Morgan fingerprint density at radius 2 is 2.06 bits per heavy atom. The number of benzene rings is 1. The van der Waals surface area contributed by atoms with Crippen LogP contribution in [-0.2, 0) is 0 Å². The smallest absolute Gasteiger partial charge is 0.0510 e. The highest BCUT2D eigenvalue weighted by Crippen LogP contribution is 2.34. The number of halogens is 2. The van der Waals surface area contributed by atoms with Crippen molar-refractivity contribution in [2.24, 2.45) is 0 Å². The summed E-state index contributed by atoms with van der Waals surface area (Å²) in [6.45, 7) is 9.20. The molecule has 0 aliphatic carbocycles. The summed E-state index contributed by atoms with van der Waals surface area (Å²) < 4.78 is 0.987. The van der Waals surface area contributed by atoms with Gasteiger partial charge in [-0.05, 0) is 37.6 Å². The largest absolute Gasteiger partial charge is 0.342 e. The second-order valence-corrected chi connectivity index (χ2v) is 5.54. The van der Waals surface area contributed by atoms with Crippen molar-refractivity contribution in [3.63, 3.8) is 0 Å². The van der Waals surface area contributed by atoms with Crippen LogP contribution in [0.25, 0.3) is 5.70 Å². The Balaban J connectivity index is 2.52. The van der Waals surface area contributed by atoms with Gasteiger partial charge in [-0.15, -0.1) is 0 Å². The summed E-state index contributed by atoms with van der Waals surface area (Å²) in [6, 6.07) is 5.95. The molecule has 1 aliphatic heterocycles. The zero-order valence-electron chi connectivity index (χ0n) is 10.5. The van der Waals surface area contributed by atoms with Crippen LogP contribution in [0.4, 0.5) is 0 Å². The molecule has 1 heterocycles. The van der Waals surface area contributed by atoms with Crippen LogP contribution in [0.5, 0.6) is 0 Å². The molecule has 1 aliphatic rings. The molecule has 1 aromatic rings. The van der Waals surface area contributed by atoms with Crippen LogP contribution in [0.15, 0.2) is 52.7 Å². The highest BCUT2D eigenvalue weighted by Gasteiger charge is 2.19. The van der Waals surface area contributed by atoms with Crippen molar-refractivity contribution in [2.45, 2.75) is 13.8 Å². The monoisotopic (exact) mass is 323 g/mol. The summed E-state index contributed by atoms with van der Waals surface area (Å²) in [5, 5.41) is 0.745. The summed E-state index contributed by atoms with van der Waals surface area (Å²) in [7, 11) is 0. The molecular weight excluding hydrogens is 310 g/mol. The second kappa shape index (κ2) is 5.33. The third-order valence-electron chi connectivity index (χ3n) is 3.09. The second-order valence-electron chi connectivity index (χ2n) is 4.22. The summed E-state index contributed by atoms with van der Waals surface area (Å²) in [5.74, 6) is 0. The van der Waals surface area contributed by atoms with Crippen molar-refractivity contribution >= 4 is 33.2 Å². The Hall–Kier alpha value is -0.990. The standard InChI is InChI=1S/C15H15BrClN/c1-4-18-11(3)10(2)5-8-15(18)13-7-6-12(16)9-14(13)17/h5-9H,3-4H2,1-2H3. The van der Waals surface area contributed by atoms with Gasteiger partial charge >= 0.3 is 0 Å². The van der Waals surface area contributed by atoms with Gasteiger partial charge in [0.15, 0.2) is 0 Å². The van der Waals surface area contributed by atoms with Gasteiger partial charge in [0.2, 0.25) is 0 Å². The summed E-state index contributed by atoms with van der Waals surface area (Å²) in [6.07, 6.45) is 4.19. The molecule has 1 aromatic carbocycles. The number of rotatable bonds is 2. The maximum absolute atomic E-state index is 6.32. The number of allylic oxidation sites excluding steroid dienone is 3. The first-order chi connectivity index (χ1) is 8.54. The minimum Gasteiger partial charge on any atom is -0.342 e. The Labute approximate surface area is 122 Å². The van der Waals surface area contributed by atoms with Gasteiger partial charge in [0, 0.05) is 28.0 Å². The van der Waals surface area contributed by atoms with Gasteiger partial charge in [0.25, 0.3) is 0 Å². The quantitative estimate of drug-likeness (QED) is 0.719. The van der Waals surface area contributed by atoms with Crippen molar-refractivity contribution in [3.8, 4) is 0 Å². The molecule has 0 aromatic heterocycles. The van der Waals surface area contributed by atoms with E-state index in [1.54, 1.807) is 0 Å². The zero-order chi connectivity index (χ0) is 13.3. The number of nitrogens with zero attached hydrogens (tertiary/aromatic N) is 1. The molecule has 2 rings (SSSR count). The van der Waals surface area contributed by atoms with Crippen molar-refractivity contribution in [1.82, 2.24) is 4.90 Å². The first kappa shape index (κ1) is 13.4.